The Bertz CT molecular complexity index is 1570. The molecule has 29 heteroatoms. The van der Waals surface area contributed by atoms with Crippen LogP contribution in [0.25, 0.3) is 0 Å². The number of benzene rings is 1. The lowest BCUT2D eigenvalue weighted by molar-refractivity contribution is -0.482. The van der Waals surface area contributed by atoms with E-state index in [1.807, 2.05) is 0 Å². The van der Waals surface area contributed by atoms with Crippen molar-refractivity contribution in [2.24, 2.45) is 4.99 Å². The number of carbonyl (C=O) groups excluding carboxylic acids is 2. The van der Waals surface area contributed by atoms with Crippen molar-refractivity contribution in [1.29, 1.82) is 0 Å². The maximum absolute atomic E-state index is 14.3. The summed E-state index contributed by atoms with van der Waals surface area (Å²) in [6.07, 6.45) is -10.3. The van der Waals surface area contributed by atoms with Gasteiger partial charge in [-0.15, -0.1) is 0 Å². The van der Waals surface area contributed by atoms with Crippen molar-refractivity contribution >= 4 is 17.7 Å². The Kier molecular flexibility index (Phi) is 11.8. The van der Waals surface area contributed by atoms with E-state index >= 15 is 0 Å². The first kappa shape index (κ1) is 47.3. The van der Waals surface area contributed by atoms with Crippen LogP contribution in [0.15, 0.2) is 23.2 Å². The van der Waals surface area contributed by atoms with E-state index in [1.54, 1.807) is 0 Å². The SMILES string of the molecule is Cc1cc(N=C=O)ccc1C(=O)NC(C)CC(F)(F)C(F)(F)C(F)(F)C(F)(F)C(F)(F)C(F)(F)C(F)(F)C(F)(F)C(F)(F)C(F)(F)C(F)(F)C(F)(F)F. The van der Waals surface area contributed by atoms with Gasteiger partial charge in [-0.2, -0.15) is 115 Å². The number of carbonyl (C=O) groups is 1. The number of aryl methyl sites for hydroxylation is 1. The molecule has 0 fully saturated rings. The molecule has 53 heavy (non-hydrogen) atoms. The molecule has 1 amide bonds. The second-order valence-electron chi connectivity index (χ2n) is 10.7. The fraction of sp³-hybridized carbons (Fsp3) is 0.667. The number of halogens is 25. The lowest BCUT2D eigenvalue weighted by atomic mass is 9.84. The van der Waals surface area contributed by atoms with Crippen molar-refractivity contribution in [1.82, 2.24) is 5.32 Å². The summed E-state index contributed by atoms with van der Waals surface area (Å²) in [5, 5.41) is 1.34. The minimum Gasteiger partial charge on any atom is -0.349 e. The molecule has 1 aromatic carbocycles. The third kappa shape index (κ3) is 6.71. The van der Waals surface area contributed by atoms with E-state index in [0.717, 1.165) is 31.2 Å². The molecular formula is C24H13F25N2O2. The summed E-state index contributed by atoms with van der Waals surface area (Å²) in [7, 11) is 0. The van der Waals surface area contributed by atoms with Crippen molar-refractivity contribution in [3.63, 3.8) is 0 Å². The summed E-state index contributed by atoms with van der Waals surface area (Å²) in [5.41, 5.74) is -1.04. The molecule has 1 aromatic rings. The van der Waals surface area contributed by atoms with Crippen LogP contribution in [0, 0.1) is 6.92 Å². The van der Waals surface area contributed by atoms with Crippen molar-refractivity contribution in [3.8, 4) is 0 Å². The highest BCUT2D eigenvalue weighted by molar-refractivity contribution is 5.96. The van der Waals surface area contributed by atoms with Gasteiger partial charge in [-0.1, -0.05) is 0 Å². The zero-order valence-corrected chi connectivity index (χ0v) is 24.7. The van der Waals surface area contributed by atoms with Gasteiger partial charge in [0.2, 0.25) is 6.08 Å². The first-order valence-corrected chi connectivity index (χ1v) is 12.7. The van der Waals surface area contributed by atoms with Gasteiger partial charge >= 0.3 is 71.3 Å². The van der Waals surface area contributed by atoms with E-state index in [9.17, 15) is 119 Å². The Morgan fingerprint density at radius 1 is 0.585 bits per heavy atom. The molecule has 0 aliphatic carbocycles. The topological polar surface area (TPSA) is 58.5 Å². The van der Waals surface area contributed by atoms with Gasteiger partial charge in [0.1, 0.15) is 0 Å². The molecule has 0 heterocycles. The summed E-state index contributed by atoms with van der Waals surface area (Å²) in [6.45, 7) is 1.21. The van der Waals surface area contributed by atoms with Crippen LogP contribution in [-0.2, 0) is 4.79 Å². The van der Waals surface area contributed by atoms with Gasteiger partial charge in [0.25, 0.3) is 5.91 Å². The van der Waals surface area contributed by atoms with Crippen LogP contribution in [-0.4, -0.2) is 89.4 Å². The van der Waals surface area contributed by atoms with Gasteiger partial charge in [0.05, 0.1) is 5.69 Å². The normalized spacial score (nSPS) is 15.9. The predicted molar refractivity (Wildman–Crippen MR) is 121 cm³/mol. The number of nitrogens with one attached hydrogen (secondary N) is 1. The number of aliphatic imine (C=N–C) groups is 1. The van der Waals surface area contributed by atoms with E-state index in [2.05, 4.69) is 4.99 Å². The van der Waals surface area contributed by atoms with Gasteiger partial charge in [0.15, 0.2) is 0 Å². The molecule has 0 aromatic heterocycles. The van der Waals surface area contributed by atoms with Crippen molar-refractivity contribution in [2.45, 2.75) is 97.6 Å². The molecular weight excluding hydrogens is 823 g/mol. The maximum Gasteiger partial charge on any atom is 0.460 e. The minimum atomic E-state index is -9.66. The van der Waals surface area contributed by atoms with Crippen molar-refractivity contribution < 1.29 is 119 Å². The summed E-state index contributed by atoms with van der Waals surface area (Å²) in [4.78, 5) is 25.6. The number of alkyl halides is 25. The highest BCUT2D eigenvalue weighted by Gasteiger charge is 2.99. The van der Waals surface area contributed by atoms with Crippen LogP contribution in [0.3, 0.4) is 0 Å². The number of nitrogens with zero attached hydrogens (tertiary/aromatic N) is 1. The summed E-state index contributed by atoms with van der Waals surface area (Å²) in [5.74, 6) is -101. The molecule has 1 N–H and O–H groups in total. The molecule has 0 radical (unpaired) electrons. The lowest BCUT2D eigenvalue weighted by Crippen LogP contribution is -2.78. The summed E-state index contributed by atoms with van der Waals surface area (Å²) in [6, 6.07) is -0.197. The molecule has 4 nitrogen and oxygen atoms in total. The van der Waals surface area contributed by atoms with Crippen LogP contribution in [0.2, 0.25) is 0 Å². The molecule has 0 bridgehead atoms. The first-order chi connectivity index (χ1) is 23.0. The Morgan fingerprint density at radius 3 is 1.21 bits per heavy atom. The van der Waals surface area contributed by atoms with Gasteiger partial charge in [-0.3, -0.25) is 4.79 Å². The second-order valence-corrected chi connectivity index (χ2v) is 10.7. The quantitative estimate of drug-likeness (QED) is 0.109. The largest absolute Gasteiger partial charge is 0.460 e. The third-order valence-electron chi connectivity index (χ3n) is 6.93. The number of rotatable bonds is 15. The molecule has 0 saturated carbocycles. The molecule has 1 unspecified atom stereocenters. The Morgan fingerprint density at radius 2 is 0.906 bits per heavy atom. The molecule has 0 aliphatic heterocycles. The van der Waals surface area contributed by atoms with Gasteiger partial charge in [0, 0.05) is 18.0 Å². The van der Waals surface area contributed by atoms with Crippen molar-refractivity contribution in [2.75, 3.05) is 0 Å². The van der Waals surface area contributed by atoms with Crippen molar-refractivity contribution in [3.05, 3.63) is 29.3 Å². The lowest BCUT2D eigenvalue weighted by Gasteiger charge is -2.45. The Balaban J connectivity index is 3.67. The van der Waals surface area contributed by atoms with E-state index in [4.69, 9.17) is 0 Å². The highest BCUT2D eigenvalue weighted by atomic mass is 19.4. The maximum atomic E-state index is 14.3. The van der Waals surface area contributed by atoms with Gasteiger partial charge in [-0.25, -0.2) is 4.79 Å². The summed E-state index contributed by atoms with van der Waals surface area (Å²) < 4.78 is 341. The van der Waals surface area contributed by atoms with E-state index in [-0.39, 0.29) is 18.2 Å². The van der Waals surface area contributed by atoms with Crippen LogP contribution in [0.1, 0.15) is 29.3 Å². The van der Waals surface area contributed by atoms with Gasteiger partial charge < -0.3 is 5.32 Å². The van der Waals surface area contributed by atoms with Crippen LogP contribution in [0.4, 0.5) is 115 Å². The van der Waals surface area contributed by atoms with Crippen LogP contribution in [0.5, 0.6) is 0 Å². The highest BCUT2D eigenvalue weighted by Crippen LogP contribution is 2.68. The van der Waals surface area contributed by atoms with Crippen LogP contribution < -0.4 is 5.32 Å². The monoisotopic (exact) mass is 836 g/mol. The molecule has 1 atom stereocenters. The van der Waals surface area contributed by atoms with E-state index < -0.39 is 95.3 Å². The molecule has 0 aliphatic rings. The third-order valence-corrected chi connectivity index (χ3v) is 6.93. The number of hydrogen-bond donors (Lipinski definition) is 1. The second kappa shape index (κ2) is 13.3. The fourth-order valence-electron chi connectivity index (χ4n) is 3.88. The number of amides is 1. The number of hydrogen-bond acceptors (Lipinski definition) is 3. The minimum absolute atomic E-state index is 0.169. The number of isocyanates is 1. The molecule has 1 rings (SSSR count). The van der Waals surface area contributed by atoms with Gasteiger partial charge in [-0.05, 0) is 37.6 Å². The van der Waals surface area contributed by atoms with Crippen LogP contribution >= 0.6 is 0 Å². The Hall–Kier alpha value is -3.68. The average Bonchev–Trinajstić information content (AvgIpc) is 2.95. The predicted octanol–water partition coefficient (Wildman–Crippen LogP) is 10.0. The standard InChI is InChI=1S/C24H13F25N2O2/c1-8-5-10(50-7-52)3-4-11(8)12(53)51-9(2)6-13(25,26)14(27,28)15(29,30)16(31,32)17(33,34)18(35,36)19(37,38)20(39,40)21(41,42)22(43,44)23(45,46)24(47,48)49/h3-5,9H,6H2,1-2H3,(H,51,53). The van der Waals surface area contributed by atoms with E-state index in [1.165, 1.54) is 5.32 Å². The fourth-order valence-corrected chi connectivity index (χ4v) is 3.88. The first-order valence-electron chi connectivity index (χ1n) is 12.7. The Labute approximate surface area is 275 Å². The molecule has 0 spiro atoms. The zero-order chi connectivity index (χ0) is 42.8. The average molecular weight is 836 g/mol. The van der Waals surface area contributed by atoms with E-state index in [0.29, 0.717) is 0 Å². The molecule has 0 saturated heterocycles. The zero-order valence-electron chi connectivity index (χ0n) is 24.7. The summed E-state index contributed by atoms with van der Waals surface area (Å²) >= 11 is 0. The smallest absolute Gasteiger partial charge is 0.349 e. The molecule has 306 valence electrons.